The second-order valence-corrected chi connectivity index (χ2v) is 10.3. The minimum Gasteiger partial charge on any atom is -0.507 e. The number of aromatic hydroxyl groups is 1. The molecule has 0 amide bonds. The van der Waals surface area contributed by atoms with Crippen LogP contribution in [0.5, 0.6) is 11.5 Å². The molecule has 0 saturated heterocycles. The average molecular weight is 431 g/mol. The van der Waals surface area contributed by atoms with Gasteiger partial charge in [0, 0.05) is 18.8 Å². The molecule has 0 radical (unpaired) electrons. The standard InChI is InChI=1S/C26H38O5/c1-16-13-19(30-5)14-18(24(16)29)15-26(4)17(2)11-12-25(3)20(7-10-23(28)31-6)21(27)8-9-22(25)26/h13-14,17,20,22,29H,7-12,15H2,1-6H3. The monoisotopic (exact) mass is 430 g/mol. The number of hydrogen-bond donors (Lipinski definition) is 1. The Labute approximate surface area is 186 Å². The van der Waals surface area contributed by atoms with Crippen molar-refractivity contribution in [2.45, 2.75) is 72.6 Å². The number of hydrogen-bond acceptors (Lipinski definition) is 5. The van der Waals surface area contributed by atoms with Crippen molar-refractivity contribution in [2.24, 2.45) is 28.6 Å². The van der Waals surface area contributed by atoms with Gasteiger partial charge in [0.1, 0.15) is 17.3 Å². The summed E-state index contributed by atoms with van der Waals surface area (Å²) >= 11 is 0. The van der Waals surface area contributed by atoms with Gasteiger partial charge in [-0.05, 0) is 85.0 Å². The summed E-state index contributed by atoms with van der Waals surface area (Å²) in [6, 6.07) is 3.81. The molecular weight excluding hydrogens is 392 g/mol. The van der Waals surface area contributed by atoms with Crippen LogP contribution in [0.2, 0.25) is 0 Å². The van der Waals surface area contributed by atoms with Crippen molar-refractivity contribution in [1.29, 1.82) is 0 Å². The summed E-state index contributed by atoms with van der Waals surface area (Å²) < 4.78 is 10.3. The van der Waals surface area contributed by atoms with E-state index in [4.69, 9.17) is 9.47 Å². The van der Waals surface area contributed by atoms with E-state index >= 15 is 0 Å². The third kappa shape index (κ3) is 4.20. The molecule has 5 atom stereocenters. The van der Waals surface area contributed by atoms with Crippen LogP contribution in [0.25, 0.3) is 0 Å². The van der Waals surface area contributed by atoms with E-state index in [1.165, 1.54) is 7.11 Å². The molecule has 31 heavy (non-hydrogen) atoms. The van der Waals surface area contributed by atoms with E-state index in [1.54, 1.807) is 7.11 Å². The number of phenolic OH excluding ortho intramolecular Hbond substituents is 1. The fourth-order valence-electron chi connectivity index (χ4n) is 6.67. The van der Waals surface area contributed by atoms with Gasteiger partial charge in [-0.3, -0.25) is 9.59 Å². The van der Waals surface area contributed by atoms with E-state index in [2.05, 4.69) is 20.8 Å². The lowest BCUT2D eigenvalue weighted by Gasteiger charge is -2.60. The number of benzene rings is 1. The van der Waals surface area contributed by atoms with Gasteiger partial charge in [-0.15, -0.1) is 0 Å². The summed E-state index contributed by atoms with van der Waals surface area (Å²) in [5.74, 6) is 1.84. The molecule has 0 bridgehead atoms. The lowest BCUT2D eigenvalue weighted by molar-refractivity contribution is -0.152. The average Bonchev–Trinajstić information content (AvgIpc) is 2.73. The van der Waals surface area contributed by atoms with E-state index in [0.29, 0.717) is 36.2 Å². The zero-order valence-corrected chi connectivity index (χ0v) is 19.9. The topological polar surface area (TPSA) is 72.8 Å². The number of rotatable bonds is 6. The number of methoxy groups -OCH3 is 2. The number of carbonyl (C=O) groups excluding carboxylic acids is 2. The van der Waals surface area contributed by atoms with Crippen molar-refractivity contribution in [3.8, 4) is 11.5 Å². The van der Waals surface area contributed by atoms with Crippen molar-refractivity contribution in [2.75, 3.05) is 14.2 Å². The summed E-state index contributed by atoms with van der Waals surface area (Å²) in [5, 5.41) is 10.8. The van der Waals surface area contributed by atoms with E-state index in [0.717, 1.165) is 42.6 Å². The third-order valence-electron chi connectivity index (χ3n) is 8.72. The van der Waals surface area contributed by atoms with Gasteiger partial charge in [0.05, 0.1) is 14.2 Å². The highest BCUT2D eigenvalue weighted by Crippen LogP contribution is 2.63. The second-order valence-electron chi connectivity index (χ2n) is 10.3. The molecule has 3 rings (SSSR count). The zero-order valence-electron chi connectivity index (χ0n) is 19.9. The molecule has 2 saturated carbocycles. The van der Waals surface area contributed by atoms with Crippen LogP contribution in [-0.4, -0.2) is 31.1 Å². The summed E-state index contributed by atoms with van der Waals surface area (Å²) in [4.78, 5) is 24.8. The normalized spacial score (nSPS) is 33.0. The van der Waals surface area contributed by atoms with E-state index in [1.807, 2.05) is 19.1 Å². The third-order valence-corrected chi connectivity index (χ3v) is 8.72. The van der Waals surface area contributed by atoms with Crippen LogP contribution in [0.15, 0.2) is 12.1 Å². The second kappa shape index (κ2) is 8.84. The van der Waals surface area contributed by atoms with Gasteiger partial charge >= 0.3 is 5.97 Å². The number of fused-ring (bicyclic) bond motifs is 1. The molecular formula is C26H38O5. The first-order valence-electron chi connectivity index (χ1n) is 11.5. The van der Waals surface area contributed by atoms with Crippen LogP contribution < -0.4 is 4.74 Å². The number of ketones is 1. The maximum atomic E-state index is 13.0. The Bertz CT molecular complexity index is 846. The van der Waals surface area contributed by atoms with Crippen LogP contribution in [0.4, 0.5) is 0 Å². The van der Waals surface area contributed by atoms with E-state index in [9.17, 15) is 14.7 Å². The fourth-order valence-corrected chi connectivity index (χ4v) is 6.67. The number of phenols is 1. The lowest BCUT2D eigenvalue weighted by Crippen LogP contribution is -2.56. The number of ether oxygens (including phenoxy) is 2. The Morgan fingerprint density at radius 1 is 1.23 bits per heavy atom. The van der Waals surface area contributed by atoms with Crippen LogP contribution >= 0.6 is 0 Å². The van der Waals surface area contributed by atoms with Gasteiger partial charge in [0.25, 0.3) is 0 Å². The van der Waals surface area contributed by atoms with Gasteiger partial charge in [-0.25, -0.2) is 0 Å². The van der Waals surface area contributed by atoms with Crippen molar-refractivity contribution < 1.29 is 24.2 Å². The van der Waals surface area contributed by atoms with Gasteiger partial charge in [-0.2, -0.15) is 0 Å². The fraction of sp³-hybridized carbons (Fsp3) is 0.692. The highest BCUT2D eigenvalue weighted by molar-refractivity contribution is 5.83. The SMILES string of the molecule is COC(=O)CCC1C(=O)CCC2C(C)(Cc3cc(OC)cc(C)c3O)C(C)CCC12C. The van der Waals surface area contributed by atoms with Crippen LogP contribution in [-0.2, 0) is 20.7 Å². The molecule has 5 unspecified atom stereocenters. The van der Waals surface area contributed by atoms with Gasteiger partial charge in [0.2, 0.25) is 0 Å². The highest BCUT2D eigenvalue weighted by atomic mass is 16.5. The molecule has 2 aliphatic rings. The largest absolute Gasteiger partial charge is 0.507 e. The molecule has 1 aromatic rings. The Morgan fingerprint density at radius 2 is 1.94 bits per heavy atom. The Balaban J connectivity index is 1.96. The Hall–Kier alpha value is -2.04. The van der Waals surface area contributed by atoms with Crippen molar-refractivity contribution in [3.63, 3.8) is 0 Å². The van der Waals surface area contributed by atoms with Gasteiger partial charge in [0.15, 0.2) is 0 Å². The van der Waals surface area contributed by atoms with Gasteiger partial charge < -0.3 is 14.6 Å². The van der Waals surface area contributed by atoms with Crippen molar-refractivity contribution >= 4 is 11.8 Å². The number of esters is 1. The first-order chi connectivity index (χ1) is 14.6. The molecule has 0 aromatic heterocycles. The quantitative estimate of drug-likeness (QED) is 0.625. The summed E-state index contributed by atoms with van der Waals surface area (Å²) in [6.45, 7) is 8.81. The molecule has 5 nitrogen and oxygen atoms in total. The van der Waals surface area contributed by atoms with Crippen LogP contribution in [0, 0.1) is 35.5 Å². The van der Waals surface area contributed by atoms with Crippen LogP contribution in [0.3, 0.4) is 0 Å². The molecule has 172 valence electrons. The molecule has 2 fully saturated rings. The maximum absolute atomic E-state index is 13.0. The predicted octanol–water partition coefficient (Wildman–Crippen LogP) is 5.24. The summed E-state index contributed by atoms with van der Waals surface area (Å²) in [6.07, 6.45) is 5.07. The lowest BCUT2D eigenvalue weighted by atomic mass is 9.44. The van der Waals surface area contributed by atoms with Crippen molar-refractivity contribution in [1.82, 2.24) is 0 Å². The molecule has 0 heterocycles. The Kier molecular flexibility index (Phi) is 6.73. The highest BCUT2D eigenvalue weighted by Gasteiger charge is 2.58. The molecule has 0 aliphatic heterocycles. The molecule has 0 spiro atoms. The first-order valence-corrected chi connectivity index (χ1v) is 11.5. The minimum absolute atomic E-state index is 0.0620. The minimum atomic E-state index is -0.248. The molecule has 1 aromatic carbocycles. The molecule has 1 N–H and O–H groups in total. The molecule has 2 aliphatic carbocycles. The van der Waals surface area contributed by atoms with Gasteiger partial charge in [-0.1, -0.05) is 20.8 Å². The predicted molar refractivity (Wildman–Crippen MR) is 120 cm³/mol. The van der Waals surface area contributed by atoms with Crippen molar-refractivity contribution in [3.05, 3.63) is 23.3 Å². The summed E-state index contributed by atoms with van der Waals surface area (Å²) in [7, 11) is 3.05. The van der Waals surface area contributed by atoms with Crippen LogP contribution in [0.1, 0.15) is 70.4 Å². The zero-order chi connectivity index (χ0) is 23.0. The summed E-state index contributed by atoms with van der Waals surface area (Å²) in [5.41, 5.74) is 1.53. The van der Waals surface area contributed by atoms with E-state index in [-0.39, 0.29) is 29.1 Å². The number of aryl methyl sites for hydroxylation is 1. The van der Waals surface area contributed by atoms with E-state index < -0.39 is 0 Å². The Morgan fingerprint density at radius 3 is 2.58 bits per heavy atom. The maximum Gasteiger partial charge on any atom is 0.305 e. The number of carbonyl (C=O) groups is 2. The number of Topliss-reactive ketones (excluding diaryl/α,β-unsaturated/α-hetero) is 1. The first kappa shape index (κ1) is 23.6. The smallest absolute Gasteiger partial charge is 0.305 e. The molecule has 5 heteroatoms.